The topological polar surface area (TPSA) is 95.1 Å². The molecule has 0 aliphatic heterocycles. The van der Waals surface area contributed by atoms with E-state index in [1.165, 1.54) is 6.20 Å². The summed E-state index contributed by atoms with van der Waals surface area (Å²) in [5, 5.41) is 8.39. The molecule has 0 radical (unpaired) electrons. The first-order valence-electron chi connectivity index (χ1n) is 7.04. The van der Waals surface area contributed by atoms with E-state index in [0.717, 1.165) is 16.8 Å². The molecule has 3 rings (SSSR count). The molecule has 0 saturated carbocycles. The van der Waals surface area contributed by atoms with Crippen LogP contribution >= 0.6 is 0 Å². The van der Waals surface area contributed by atoms with Crippen molar-refractivity contribution in [2.45, 2.75) is 6.92 Å². The molecule has 0 spiro atoms. The standard InChI is InChI=1S/C16H17N5O2/c1-9-13-14(19-10-5-4-6-11(7-10)23-3)12(15(17)22)8-18-16(13)21(2)20-9/h4-8H,1-3H3,(H2,17,22)(H,18,19). The van der Waals surface area contributed by atoms with E-state index in [4.69, 9.17) is 10.5 Å². The first-order chi connectivity index (χ1) is 11.0. The predicted molar refractivity (Wildman–Crippen MR) is 88.0 cm³/mol. The van der Waals surface area contributed by atoms with Crippen LogP contribution in [0.2, 0.25) is 0 Å². The van der Waals surface area contributed by atoms with Gasteiger partial charge in [0.2, 0.25) is 0 Å². The molecule has 2 heterocycles. The van der Waals surface area contributed by atoms with Gasteiger partial charge in [0.1, 0.15) is 5.75 Å². The van der Waals surface area contributed by atoms with Gasteiger partial charge in [0.25, 0.3) is 5.91 Å². The van der Waals surface area contributed by atoms with Crippen molar-refractivity contribution < 1.29 is 9.53 Å². The Morgan fingerprint density at radius 3 is 2.87 bits per heavy atom. The van der Waals surface area contributed by atoms with E-state index in [0.29, 0.717) is 22.6 Å². The monoisotopic (exact) mass is 311 g/mol. The molecule has 3 aromatic rings. The summed E-state index contributed by atoms with van der Waals surface area (Å²) in [4.78, 5) is 16.1. The molecule has 1 aromatic carbocycles. The van der Waals surface area contributed by atoms with Crippen LogP contribution in [0.4, 0.5) is 11.4 Å². The Labute approximate surface area is 133 Å². The Hall–Kier alpha value is -3.09. The Kier molecular flexibility index (Phi) is 3.61. The summed E-state index contributed by atoms with van der Waals surface area (Å²) in [5.74, 6) is 0.164. The Morgan fingerprint density at radius 1 is 1.39 bits per heavy atom. The zero-order valence-electron chi connectivity index (χ0n) is 13.1. The van der Waals surface area contributed by atoms with Crippen LogP contribution in [0.1, 0.15) is 16.1 Å². The number of aryl methyl sites for hydroxylation is 2. The van der Waals surface area contributed by atoms with Gasteiger partial charge < -0.3 is 15.8 Å². The molecule has 0 fully saturated rings. The summed E-state index contributed by atoms with van der Waals surface area (Å²) >= 11 is 0. The number of ether oxygens (including phenoxy) is 1. The fraction of sp³-hybridized carbons (Fsp3) is 0.188. The lowest BCUT2D eigenvalue weighted by atomic mass is 10.1. The maximum Gasteiger partial charge on any atom is 0.252 e. The SMILES string of the molecule is COc1cccc(Nc2c(C(N)=O)cnc3c2c(C)nn3C)c1. The molecule has 0 aliphatic rings. The van der Waals surface area contributed by atoms with Crippen LogP contribution in [0.3, 0.4) is 0 Å². The molecule has 0 bridgehead atoms. The number of rotatable bonds is 4. The largest absolute Gasteiger partial charge is 0.497 e. The van der Waals surface area contributed by atoms with Crippen LogP contribution < -0.4 is 15.8 Å². The Balaban J connectivity index is 2.21. The number of nitrogens with one attached hydrogen (secondary N) is 1. The van der Waals surface area contributed by atoms with Crippen molar-refractivity contribution in [1.82, 2.24) is 14.8 Å². The number of methoxy groups -OCH3 is 1. The third-order valence-electron chi connectivity index (χ3n) is 3.63. The molecule has 0 saturated heterocycles. The lowest BCUT2D eigenvalue weighted by Crippen LogP contribution is -2.14. The van der Waals surface area contributed by atoms with Crippen molar-refractivity contribution in [3.05, 3.63) is 41.7 Å². The van der Waals surface area contributed by atoms with E-state index in [9.17, 15) is 4.79 Å². The minimum atomic E-state index is -0.548. The summed E-state index contributed by atoms with van der Waals surface area (Å²) < 4.78 is 6.90. The van der Waals surface area contributed by atoms with Gasteiger partial charge in [0.15, 0.2) is 5.65 Å². The van der Waals surface area contributed by atoms with E-state index < -0.39 is 5.91 Å². The van der Waals surface area contributed by atoms with E-state index in [-0.39, 0.29) is 0 Å². The summed E-state index contributed by atoms with van der Waals surface area (Å²) in [6.45, 7) is 1.87. The van der Waals surface area contributed by atoms with Gasteiger partial charge in [-0.1, -0.05) is 6.07 Å². The number of benzene rings is 1. The Bertz CT molecular complexity index is 901. The number of hydrogen-bond acceptors (Lipinski definition) is 5. The third kappa shape index (κ3) is 2.57. The highest BCUT2D eigenvalue weighted by Crippen LogP contribution is 2.31. The second-order valence-electron chi connectivity index (χ2n) is 5.18. The lowest BCUT2D eigenvalue weighted by Gasteiger charge is -2.12. The third-order valence-corrected chi connectivity index (χ3v) is 3.63. The number of amides is 1. The molecular formula is C16H17N5O2. The second kappa shape index (κ2) is 5.60. The van der Waals surface area contributed by atoms with Crippen LogP contribution in [-0.4, -0.2) is 27.8 Å². The highest BCUT2D eigenvalue weighted by molar-refractivity contribution is 6.07. The minimum absolute atomic E-state index is 0.316. The van der Waals surface area contributed by atoms with Gasteiger partial charge in [-0.25, -0.2) is 4.98 Å². The van der Waals surface area contributed by atoms with Crippen LogP contribution in [0.25, 0.3) is 11.0 Å². The molecular weight excluding hydrogens is 294 g/mol. The molecule has 2 aromatic heterocycles. The number of pyridine rings is 1. The van der Waals surface area contributed by atoms with Crippen LogP contribution in [0.15, 0.2) is 30.5 Å². The summed E-state index contributed by atoms with van der Waals surface area (Å²) in [6.07, 6.45) is 1.47. The maximum atomic E-state index is 11.8. The minimum Gasteiger partial charge on any atom is -0.497 e. The number of fused-ring (bicyclic) bond motifs is 1. The van der Waals surface area contributed by atoms with Crippen molar-refractivity contribution in [1.29, 1.82) is 0 Å². The number of anilines is 2. The molecule has 1 amide bonds. The normalized spacial score (nSPS) is 10.7. The van der Waals surface area contributed by atoms with E-state index in [2.05, 4.69) is 15.4 Å². The van der Waals surface area contributed by atoms with E-state index in [1.807, 2.05) is 38.2 Å². The van der Waals surface area contributed by atoms with Gasteiger partial charge in [-0.05, 0) is 19.1 Å². The maximum absolute atomic E-state index is 11.8. The summed E-state index contributed by atoms with van der Waals surface area (Å²) in [7, 11) is 3.41. The van der Waals surface area contributed by atoms with Crippen molar-refractivity contribution in [3.63, 3.8) is 0 Å². The number of nitrogens with two attached hydrogens (primary N) is 1. The zero-order chi connectivity index (χ0) is 16.6. The fourth-order valence-corrected chi connectivity index (χ4v) is 2.57. The molecule has 0 atom stereocenters. The van der Waals surface area contributed by atoms with Crippen molar-refractivity contribution >= 4 is 28.3 Å². The van der Waals surface area contributed by atoms with Crippen LogP contribution in [0.5, 0.6) is 5.75 Å². The number of hydrogen-bond donors (Lipinski definition) is 2. The van der Waals surface area contributed by atoms with Gasteiger partial charge in [-0.15, -0.1) is 0 Å². The van der Waals surface area contributed by atoms with Gasteiger partial charge >= 0.3 is 0 Å². The van der Waals surface area contributed by atoms with Crippen molar-refractivity contribution in [3.8, 4) is 5.75 Å². The summed E-state index contributed by atoms with van der Waals surface area (Å²) in [5.41, 5.74) is 8.64. The highest BCUT2D eigenvalue weighted by Gasteiger charge is 2.18. The van der Waals surface area contributed by atoms with Gasteiger partial charge in [-0.2, -0.15) is 5.10 Å². The van der Waals surface area contributed by atoms with Gasteiger partial charge in [0.05, 0.1) is 29.4 Å². The number of carbonyl (C=O) groups is 1. The first kappa shape index (κ1) is 14.8. The van der Waals surface area contributed by atoms with E-state index in [1.54, 1.807) is 11.8 Å². The number of carbonyl (C=O) groups excluding carboxylic acids is 1. The summed E-state index contributed by atoms with van der Waals surface area (Å²) in [6, 6.07) is 7.42. The molecule has 23 heavy (non-hydrogen) atoms. The molecule has 7 heteroatoms. The first-order valence-corrected chi connectivity index (χ1v) is 7.04. The highest BCUT2D eigenvalue weighted by atomic mass is 16.5. The van der Waals surface area contributed by atoms with Gasteiger partial charge in [-0.3, -0.25) is 9.48 Å². The molecule has 0 aliphatic carbocycles. The quantitative estimate of drug-likeness (QED) is 0.769. The van der Waals surface area contributed by atoms with Gasteiger partial charge in [0, 0.05) is 25.0 Å². The molecule has 3 N–H and O–H groups in total. The zero-order valence-corrected chi connectivity index (χ0v) is 13.1. The van der Waals surface area contributed by atoms with Crippen LogP contribution in [-0.2, 0) is 7.05 Å². The number of nitrogens with zero attached hydrogens (tertiary/aromatic N) is 3. The molecule has 7 nitrogen and oxygen atoms in total. The lowest BCUT2D eigenvalue weighted by molar-refractivity contribution is 0.100. The molecule has 118 valence electrons. The molecule has 0 unspecified atom stereocenters. The van der Waals surface area contributed by atoms with Crippen LogP contribution in [0, 0.1) is 6.92 Å². The second-order valence-corrected chi connectivity index (χ2v) is 5.18. The number of primary amides is 1. The van der Waals surface area contributed by atoms with Crippen molar-refractivity contribution in [2.75, 3.05) is 12.4 Å². The van der Waals surface area contributed by atoms with E-state index >= 15 is 0 Å². The van der Waals surface area contributed by atoms with Crippen molar-refractivity contribution in [2.24, 2.45) is 12.8 Å². The predicted octanol–water partition coefficient (Wildman–Crippen LogP) is 2.13. The number of aromatic nitrogens is 3. The average molecular weight is 311 g/mol. The smallest absolute Gasteiger partial charge is 0.252 e. The average Bonchev–Trinajstić information content (AvgIpc) is 2.82. The Morgan fingerprint density at radius 2 is 2.17 bits per heavy atom. The fourth-order valence-electron chi connectivity index (χ4n) is 2.57.